The van der Waals surface area contributed by atoms with E-state index < -0.39 is 0 Å². The predicted octanol–water partition coefficient (Wildman–Crippen LogP) is 1.03. The molecule has 3 N–H and O–H groups in total. The van der Waals surface area contributed by atoms with Gasteiger partial charge in [0.15, 0.2) is 0 Å². The standard InChI is InChI=1S/C10H20N2O/c1-7-4-3-5-9(6-7)12-10(13)8(2)11/h7-9H,3-6,11H2,1-2H3,(H,12,13). The topological polar surface area (TPSA) is 55.1 Å². The number of amides is 1. The molecule has 0 saturated heterocycles. The Hall–Kier alpha value is -0.570. The Kier molecular flexibility index (Phi) is 3.72. The zero-order valence-electron chi connectivity index (χ0n) is 8.55. The lowest BCUT2D eigenvalue weighted by molar-refractivity contribution is -0.123. The van der Waals surface area contributed by atoms with Crippen LogP contribution in [0.5, 0.6) is 0 Å². The van der Waals surface area contributed by atoms with Crippen molar-refractivity contribution in [2.75, 3.05) is 0 Å². The molecule has 0 radical (unpaired) electrons. The Morgan fingerprint density at radius 3 is 2.77 bits per heavy atom. The highest BCUT2D eigenvalue weighted by molar-refractivity contribution is 5.81. The average molecular weight is 184 g/mol. The Labute approximate surface area is 80.1 Å². The van der Waals surface area contributed by atoms with E-state index in [1.807, 2.05) is 0 Å². The number of carbonyl (C=O) groups excluding carboxylic acids is 1. The van der Waals surface area contributed by atoms with Gasteiger partial charge >= 0.3 is 0 Å². The van der Waals surface area contributed by atoms with Crippen molar-refractivity contribution in [3.05, 3.63) is 0 Å². The molecule has 0 aromatic carbocycles. The largest absolute Gasteiger partial charge is 0.352 e. The fourth-order valence-electron chi connectivity index (χ4n) is 1.90. The summed E-state index contributed by atoms with van der Waals surface area (Å²) in [7, 11) is 0. The molecule has 0 aromatic rings. The molecule has 1 fully saturated rings. The number of nitrogens with two attached hydrogens (primary N) is 1. The second-order valence-electron chi connectivity index (χ2n) is 4.27. The van der Waals surface area contributed by atoms with Gasteiger partial charge < -0.3 is 11.1 Å². The summed E-state index contributed by atoms with van der Waals surface area (Å²) in [6, 6.07) is -0.0144. The molecule has 76 valence electrons. The normalized spacial score (nSPS) is 31.0. The van der Waals surface area contributed by atoms with E-state index in [1.54, 1.807) is 6.92 Å². The SMILES string of the molecule is CC1CCCC(NC(=O)C(C)N)C1. The molecule has 1 amide bonds. The third kappa shape index (κ3) is 3.35. The van der Waals surface area contributed by atoms with Gasteiger partial charge in [-0.05, 0) is 25.7 Å². The lowest BCUT2D eigenvalue weighted by Crippen LogP contribution is -2.45. The molecule has 3 unspecified atom stereocenters. The quantitative estimate of drug-likeness (QED) is 0.673. The molecule has 1 saturated carbocycles. The maximum Gasteiger partial charge on any atom is 0.236 e. The summed E-state index contributed by atoms with van der Waals surface area (Å²) in [5.41, 5.74) is 5.48. The van der Waals surface area contributed by atoms with Crippen molar-refractivity contribution in [3.8, 4) is 0 Å². The smallest absolute Gasteiger partial charge is 0.236 e. The van der Waals surface area contributed by atoms with Crippen LogP contribution < -0.4 is 11.1 Å². The molecule has 0 heterocycles. The third-order valence-electron chi connectivity index (χ3n) is 2.70. The van der Waals surface area contributed by atoms with E-state index in [4.69, 9.17) is 5.73 Å². The van der Waals surface area contributed by atoms with E-state index in [0.717, 1.165) is 18.8 Å². The van der Waals surface area contributed by atoms with Crippen molar-refractivity contribution in [2.24, 2.45) is 11.7 Å². The van der Waals surface area contributed by atoms with E-state index in [9.17, 15) is 4.79 Å². The van der Waals surface area contributed by atoms with E-state index in [-0.39, 0.29) is 11.9 Å². The fraction of sp³-hybridized carbons (Fsp3) is 0.900. The number of hydrogen-bond acceptors (Lipinski definition) is 2. The van der Waals surface area contributed by atoms with Crippen LogP contribution >= 0.6 is 0 Å². The summed E-state index contributed by atoms with van der Waals surface area (Å²) in [4.78, 5) is 11.3. The van der Waals surface area contributed by atoms with Gasteiger partial charge in [-0.1, -0.05) is 19.8 Å². The summed E-state index contributed by atoms with van der Waals surface area (Å²) in [5.74, 6) is 0.728. The minimum absolute atomic E-state index is 0.0147. The highest BCUT2D eigenvalue weighted by Crippen LogP contribution is 2.23. The van der Waals surface area contributed by atoms with Gasteiger partial charge in [0.25, 0.3) is 0 Å². The van der Waals surface area contributed by atoms with Crippen molar-refractivity contribution in [3.63, 3.8) is 0 Å². The van der Waals surface area contributed by atoms with Crippen LogP contribution in [0.1, 0.15) is 39.5 Å². The van der Waals surface area contributed by atoms with Crippen LogP contribution in [-0.4, -0.2) is 18.0 Å². The fourth-order valence-corrected chi connectivity index (χ4v) is 1.90. The van der Waals surface area contributed by atoms with E-state index in [1.165, 1.54) is 12.8 Å². The maximum absolute atomic E-state index is 11.3. The van der Waals surface area contributed by atoms with Gasteiger partial charge in [0.05, 0.1) is 6.04 Å². The van der Waals surface area contributed by atoms with Gasteiger partial charge in [-0.2, -0.15) is 0 Å². The van der Waals surface area contributed by atoms with Crippen molar-refractivity contribution < 1.29 is 4.79 Å². The molecule has 1 aliphatic rings. The summed E-state index contributed by atoms with van der Waals surface area (Å²) in [6.45, 7) is 3.96. The van der Waals surface area contributed by atoms with Gasteiger partial charge in [-0.25, -0.2) is 0 Å². The Bertz CT molecular complexity index is 180. The van der Waals surface area contributed by atoms with Crippen LogP contribution in [0.4, 0.5) is 0 Å². The molecule has 0 aliphatic heterocycles. The molecular weight excluding hydrogens is 164 g/mol. The Balaban J connectivity index is 2.31. The molecule has 0 aromatic heterocycles. The van der Waals surface area contributed by atoms with Crippen LogP contribution in [0.15, 0.2) is 0 Å². The first-order valence-corrected chi connectivity index (χ1v) is 5.15. The summed E-state index contributed by atoms with van der Waals surface area (Å²) in [6.07, 6.45) is 4.75. The molecular formula is C10H20N2O. The minimum Gasteiger partial charge on any atom is -0.352 e. The predicted molar refractivity (Wildman–Crippen MR) is 53.2 cm³/mol. The van der Waals surface area contributed by atoms with Crippen molar-refractivity contribution in [2.45, 2.75) is 51.6 Å². The number of rotatable bonds is 2. The highest BCUT2D eigenvalue weighted by Gasteiger charge is 2.21. The summed E-state index contributed by atoms with van der Waals surface area (Å²) < 4.78 is 0. The molecule has 1 rings (SSSR count). The first-order valence-electron chi connectivity index (χ1n) is 5.15. The number of nitrogens with one attached hydrogen (secondary N) is 1. The van der Waals surface area contributed by atoms with Crippen molar-refractivity contribution in [1.82, 2.24) is 5.32 Å². The minimum atomic E-state index is -0.378. The first kappa shape index (κ1) is 10.5. The zero-order valence-corrected chi connectivity index (χ0v) is 8.55. The maximum atomic E-state index is 11.3. The van der Waals surface area contributed by atoms with E-state index in [2.05, 4.69) is 12.2 Å². The molecule has 3 heteroatoms. The molecule has 3 atom stereocenters. The highest BCUT2D eigenvalue weighted by atomic mass is 16.2. The van der Waals surface area contributed by atoms with Crippen LogP contribution in [-0.2, 0) is 4.79 Å². The van der Waals surface area contributed by atoms with Crippen LogP contribution in [0.25, 0.3) is 0 Å². The van der Waals surface area contributed by atoms with Crippen molar-refractivity contribution >= 4 is 5.91 Å². The Morgan fingerprint density at radius 2 is 2.23 bits per heavy atom. The van der Waals surface area contributed by atoms with Gasteiger partial charge in [-0.15, -0.1) is 0 Å². The second kappa shape index (κ2) is 4.61. The first-order chi connectivity index (χ1) is 6.09. The van der Waals surface area contributed by atoms with Gasteiger partial charge in [-0.3, -0.25) is 4.79 Å². The molecule has 0 spiro atoms. The molecule has 1 aliphatic carbocycles. The Morgan fingerprint density at radius 1 is 1.54 bits per heavy atom. The van der Waals surface area contributed by atoms with Crippen molar-refractivity contribution in [1.29, 1.82) is 0 Å². The lowest BCUT2D eigenvalue weighted by atomic mass is 9.87. The van der Waals surface area contributed by atoms with Crippen LogP contribution in [0.2, 0.25) is 0 Å². The number of carbonyl (C=O) groups is 1. The molecule has 3 nitrogen and oxygen atoms in total. The summed E-state index contributed by atoms with van der Waals surface area (Å²) >= 11 is 0. The van der Waals surface area contributed by atoms with Gasteiger partial charge in [0.1, 0.15) is 0 Å². The van der Waals surface area contributed by atoms with Crippen LogP contribution in [0, 0.1) is 5.92 Å². The van der Waals surface area contributed by atoms with E-state index >= 15 is 0 Å². The van der Waals surface area contributed by atoms with Gasteiger partial charge in [0.2, 0.25) is 5.91 Å². The monoisotopic (exact) mass is 184 g/mol. The molecule has 0 bridgehead atoms. The number of hydrogen-bond donors (Lipinski definition) is 2. The average Bonchev–Trinajstić information content (AvgIpc) is 2.04. The molecule has 13 heavy (non-hydrogen) atoms. The zero-order chi connectivity index (χ0) is 9.84. The third-order valence-corrected chi connectivity index (χ3v) is 2.70. The van der Waals surface area contributed by atoms with E-state index in [0.29, 0.717) is 6.04 Å². The second-order valence-corrected chi connectivity index (χ2v) is 4.27. The van der Waals surface area contributed by atoms with Crippen LogP contribution in [0.3, 0.4) is 0 Å². The lowest BCUT2D eigenvalue weighted by Gasteiger charge is -2.27. The van der Waals surface area contributed by atoms with Gasteiger partial charge in [0, 0.05) is 6.04 Å². The summed E-state index contributed by atoms with van der Waals surface area (Å²) in [5, 5.41) is 2.98.